The Morgan fingerprint density at radius 1 is 1.44 bits per heavy atom. The van der Waals surface area contributed by atoms with Gasteiger partial charge in [0.1, 0.15) is 5.82 Å². The largest absolute Gasteiger partial charge is 0.384 e. The van der Waals surface area contributed by atoms with E-state index in [1.165, 1.54) is 11.8 Å². The number of pyridine rings is 1. The first kappa shape index (κ1) is 11.7. The summed E-state index contributed by atoms with van der Waals surface area (Å²) in [5.74, 6) is 1.08. The van der Waals surface area contributed by atoms with Gasteiger partial charge in [-0.2, -0.15) is 0 Å². The minimum Gasteiger partial charge on any atom is -0.384 e. The molecule has 0 aromatic carbocycles. The zero-order valence-electron chi connectivity index (χ0n) is 9.45. The van der Waals surface area contributed by atoms with Gasteiger partial charge in [0.15, 0.2) is 0 Å². The number of rotatable bonds is 4. The summed E-state index contributed by atoms with van der Waals surface area (Å²) >= 11 is 7.58. The molecule has 1 fully saturated rings. The minimum absolute atomic E-state index is 0.465. The lowest BCUT2D eigenvalue weighted by Gasteiger charge is -2.04. The Balaban J connectivity index is 1.73. The number of nitrogens with two attached hydrogens (primary N) is 1. The summed E-state index contributed by atoms with van der Waals surface area (Å²) < 4.78 is 1.87. The first-order valence-electron chi connectivity index (χ1n) is 5.55. The van der Waals surface area contributed by atoms with Gasteiger partial charge in [0, 0.05) is 5.75 Å². The second-order valence-electron chi connectivity index (χ2n) is 4.09. The fraction of sp³-hybridized carbons (Fsp3) is 0.400. The molecule has 1 saturated carbocycles. The summed E-state index contributed by atoms with van der Waals surface area (Å²) in [6, 6.07) is 3.90. The number of tetrazole rings is 1. The van der Waals surface area contributed by atoms with E-state index >= 15 is 0 Å². The molecule has 0 aliphatic heterocycles. The Morgan fingerprint density at radius 2 is 2.28 bits per heavy atom. The van der Waals surface area contributed by atoms with E-state index in [4.69, 9.17) is 17.3 Å². The third-order valence-corrected chi connectivity index (χ3v) is 3.92. The predicted molar refractivity (Wildman–Crippen MR) is 69.3 cm³/mol. The first-order chi connectivity index (χ1) is 8.74. The van der Waals surface area contributed by atoms with Crippen LogP contribution < -0.4 is 5.73 Å². The molecule has 0 atom stereocenters. The number of aromatic nitrogens is 5. The monoisotopic (exact) mass is 282 g/mol. The average molecular weight is 283 g/mol. The van der Waals surface area contributed by atoms with E-state index in [1.54, 1.807) is 12.1 Å². The van der Waals surface area contributed by atoms with Gasteiger partial charge in [-0.25, -0.2) is 9.67 Å². The van der Waals surface area contributed by atoms with E-state index in [-0.39, 0.29) is 0 Å². The van der Waals surface area contributed by atoms with Crippen molar-refractivity contribution in [3.8, 4) is 0 Å². The molecule has 18 heavy (non-hydrogen) atoms. The first-order valence-corrected chi connectivity index (χ1v) is 6.92. The quantitative estimate of drug-likeness (QED) is 0.863. The zero-order chi connectivity index (χ0) is 12.5. The van der Waals surface area contributed by atoms with E-state index in [2.05, 4.69) is 20.5 Å². The summed E-state index contributed by atoms with van der Waals surface area (Å²) in [4.78, 5) is 4.21. The SMILES string of the molecule is Nc1ccc(Cl)c(CSc2nnnn2C2CC2)n1. The Hall–Kier alpha value is -1.34. The number of halogens is 1. The van der Waals surface area contributed by atoms with Gasteiger partial charge in [-0.05, 0) is 35.4 Å². The van der Waals surface area contributed by atoms with Crippen molar-refractivity contribution in [3.05, 3.63) is 22.8 Å². The van der Waals surface area contributed by atoms with Crippen LogP contribution in [0.3, 0.4) is 0 Å². The normalized spacial score (nSPS) is 14.9. The van der Waals surface area contributed by atoms with Crippen LogP contribution in [-0.4, -0.2) is 25.2 Å². The predicted octanol–water partition coefficient (Wildman–Crippen LogP) is 1.93. The van der Waals surface area contributed by atoms with Gasteiger partial charge in [-0.15, -0.1) is 5.10 Å². The number of nitrogen functional groups attached to an aromatic ring is 1. The molecule has 2 aromatic rings. The summed E-state index contributed by atoms with van der Waals surface area (Å²) in [6.45, 7) is 0. The fourth-order valence-corrected chi connectivity index (χ4v) is 2.71. The van der Waals surface area contributed by atoms with Crippen molar-refractivity contribution in [1.82, 2.24) is 25.2 Å². The average Bonchev–Trinajstić information content (AvgIpc) is 3.10. The molecule has 1 aliphatic rings. The van der Waals surface area contributed by atoms with Crippen LogP contribution in [0.25, 0.3) is 0 Å². The second-order valence-corrected chi connectivity index (χ2v) is 5.44. The van der Waals surface area contributed by atoms with Gasteiger partial charge in [0.2, 0.25) is 5.16 Å². The molecule has 0 unspecified atom stereocenters. The van der Waals surface area contributed by atoms with E-state index < -0.39 is 0 Å². The number of thioether (sulfide) groups is 1. The Morgan fingerprint density at radius 3 is 3.06 bits per heavy atom. The summed E-state index contributed by atoms with van der Waals surface area (Å²) in [5.41, 5.74) is 6.40. The maximum atomic E-state index is 6.06. The van der Waals surface area contributed by atoms with Crippen molar-refractivity contribution in [2.45, 2.75) is 29.8 Å². The minimum atomic E-state index is 0.465. The molecular formula is C10H11ClN6S. The van der Waals surface area contributed by atoms with Crippen LogP contribution in [0.5, 0.6) is 0 Å². The second kappa shape index (κ2) is 4.74. The van der Waals surface area contributed by atoms with Gasteiger partial charge in [-0.1, -0.05) is 23.4 Å². The Labute approximate surface area is 113 Å². The van der Waals surface area contributed by atoms with Crippen LogP contribution in [0.15, 0.2) is 17.3 Å². The molecule has 0 saturated heterocycles. The summed E-state index contributed by atoms with van der Waals surface area (Å²) in [6.07, 6.45) is 2.30. The maximum absolute atomic E-state index is 6.06. The van der Waals surface area contributed by atoms with Crippen LogP contribution in [-0.2, 0) is 5.75 Å². The van der Waals surface area contributed by atoms with E-state index in [0.29, 0.717) is 22.6 Å². The Bertz CT molecular complexity index is 567. The smallest absolute Gasteiger partial charge is 0.209 e. The topological polar surface area (TPSA) is 82.5 Å². The lowest BCUT2D eigenvalue weighted by atomic mass is 10.4. The summed E-state index contributed by atoms with van der Waals surface area (Å²) in [7, 11) is 0. The molecule has 6 nitrogen and oxygen atoms in total. The van der Waals surface area contributed by atoms with Crippen molar-refractivity contribution < 1.29 is 0 Å². The van der Waals surface area contributed by atoms with Crippen LogP contribution in [0.2, 0.25) is 5.02 Å². The standard InChI is InChI=1S/C10H11ClN6S/c11-7-3-4-9(12)13-8(7)5-18-10-14-15-16-17(10)6-1-2-6/h3-4,6H,1-2,5H2,(H2,12,13). The number of hydrogen-bond donors (Lipinski definition) is 1. The van der Waals surface area contributed by atoms with Crippen molar-refractivity contribution >= 4 is 29.2 Å². The third kappa shape index (κ3) is 2.41. The molecule has 0 bridgehead atoms. The molecule has 2 aromatic heterocycles. The molecule has 3 rings (SSSR count). The van der Waals surface area contributed by atoms with Crippen LogP contribution in [0.1, 0.15) is 24.6 Å². The van der Waals surface area contributed by atoms with Gasteiger partial charge < -0.3 is 5.73 Å². The Kier molecular flexibility index (Phi) is 3.09. The molecule has 1 aliphatic carbocycles. The lowest BCUT2D eigenvalue weighted by Crippen LogP contribution is -2.00. The van der Waals surface area contributed by atoms with Gasteiger partial charge >= 0.3 is 0 Å². The molecule has 0 spiro atoms. The molecule has 2 N–H and O–H groups in total. The fourth-order valence-electron chi connectivity index (χ4n) is 1.56. The van der Waals surface area contributed by atoms with Crippen molar-refractivity contribution in [1.29, 1.82) is 0 Å². The van der Waals surface area contributed by atoms with E-state index in [9.17, 15) is 0 Å². The highest BCUT2D eigenvalue weighted by molar-refractivity contribution is 7.98. The van der Waals surface area contributed by atoms with Crippen LogP contribution in [0.4, 0.5) is 5.82 Å². The molecule has 94 valence electrons. The number of hydrogen-bond acceptors (Lipinski definition) is 6. The molecule has 0 radical (unpaired) electrons. The van der Waals surface area contributed by atoms with E-state index in [0.717, 1.165) is 23.7 Å². The van der Waals surface area contributed by atoms with Gasteiger partial charge in [0.05, 0.1) is 16.8 Å². The van der Waals surface area contributed by atoms with Gasteiger partial charge in [0.25, 0.3) is 0 Å². The van der Waals surface area contributed by atoms with Crippen LogP contribution in [0, 0.1) is 0 Å². The summed E-state index contributed by atoms with van der Waals surface area (Å²) in [5, 5.41) is 13.1. The number of anilines is 1. The lowest BCUT2D eigenvalue weighted by molar-refractivity contribution is 0.565. The maximum Gasteiger partial charge on any atom is 0.209 e. The van der Waals surface area contributed by atoms with Crippen molar-refractivity contribution in [2.75, 3.05) is 5.73 Å². The van der Waals surface area contributed by atoms with Crippen molar-refractivity contribution in [3.63, 3.8) is 0 Å². The van der Waals surface area contributed by atoms with Crippen molar-refractivity contribution in [2.24, 2.45) is 0 Å². The highest BCUT2D eigenvalue weighted by Gasteiger charge is 2.27. The van der Waals surface area contributed by atoms with Crippen LogP contribution >= 0.6 is 23.4 Å². The highest BCUT2D eigenvalue weighted by atomic mass is 35.5. The molecule has 2 heterocycles. The zero-order valence-corrected chi connectivity index (χ0v) is 11.0. The highest BCUT2D eigenvalue weighted by Crippen LogP contribution is 2.37. The molecule has 8 heteroatoms. The third-order valence-electron chi connectivity index (χ3n) is 2.63. The number of nitrogens with zero attached hydrogens (tertiary/aromatic N) is 5. The van der Waals surface area contributed by atoms with Gasteiger partial charge in [-0.3, -0.25) is 0 Å². The van der Waals surface area contributed by atoms with E-state index in [1.807, 2.05) is 4.68 Å². The molecular weight excluding hydrogens is 272 g/mol. The molecule has 0 amide bonds.